The fraction of sp³-hybridized carbons (Fsp3) is 0.0476. The summed E-state index contributed by atoms with van der Waals surface area (Å²) in [5.74, 6) is -0.654. The Hall–Kier alpha value is -3.39. The third-order valence-corrected chi connectivity index (χ3v) is 5.62. The number of hydrogen-bond donors (Lipinski definition) is 1. The van der Waals surface area contributed by atoms with Gasteiger partial charge < -0.3 is 10.3 Å². The van der Waals surface area contributed by atoms with Crippen LogP contribution in [0.5, 0.6) is 0 Å². The summed E-state index contributed by atoms with van der Waals surface area (Å²) in [6, 6.07) is 17.0. The van der Waals surface area contributed by atoms with Crippen LogP contribution in [0, 0.1) is 15.9 Å². The average molecular weight is 411 g/mol. The molecule has 0 fully saturated rings. The SMILES string of the molecule is Nc1ccc2c(Sc3ccccc3[N+](=O)[O-])cn(C(F)c3ccccc3F)c2c1. The molecule has 0 saturated carbocycles. The maximum Gasteiger partial charge on any atom is 0.283 e. The number of hydrogen-bond acceptors (Lipinski definition) is 4. The topological polar surface area (TPSA) is 74.1 Å². The summed E-state index contributed by atoms with van der Waals surface area (Å²) in [7, 11) is 0. The minimum Gasteiger partial charge on any atom is -0.399 e. The predicted molar refractivity (Wildman–Crippen MR) is 109 cm³/mol. The first-order chi connectivity index (χ1) is 14.0. The number of nitrogen functional groups attached to an aromatic ring is 1. The molecule has 0 aliphatic rings. The second-order valence-electron chi connectivity index (χ2n) is 6.36. The van der Waals surface area contributed by atoms with Crippen LogP contribution >= 0.6 is 11.8 Å². The third-order valence-electron chi connectivity index (χ3n) is 4.51. The Morgan fingerprint density at radius 3 is 2.52 bits per heavy atom. The van der Waals surface area contributed by atoms with Crippen LogP contribution in [-0.2, 0) is 0 Å². The van der Waals surface area contributed by atoms with Crippen molar-refractivity contribution in [3.8, 4) is 0 Å². The van der Waals surface area contributed by atoms with Crippen LogP contribution in [0.4, 0.5) is 20.2 Å². The largest absolute Gasteiger partial charge is 0.399 e. The summed E-state index contributed by atoms with van der Waals surface area (Å²) in [6.07, 6.45) is -0.247. The van der Waals surface area contributed by atoms with Gasteiger partial charge in [0, 0.05) is 33.8 Å². The van der Waals surface area contributed by atoms with Crippen molar-refractivity contribution >= 4 is 34.0 Å². The molecular formula is C21H15F2N3O2S. The quantitative estimate of drug-likeness (QED) is 0.251. The zero-order valence-corrected chi connectivity index (χ0v) is 15.8. The first kappa shape index (κ1) is 18.9. The number of para-hydroxylation sites is 1. The summed E-state index contributed by atoms with van der Waals surface area (Å²) < 4.78 is 30.7. The summed E-state index contributed by atoms with van der Waals surface area (Å²) in [4.78, 5) is 11.9. The van der Waals surface area contributed by atoms with Crippen molar-refractivity contribution in [1.29, 1.82) is 0 Å². The van der Waals surface area contributed by atoms with E-state index >= 15 is 4.39 Å². The average Bonchev–Trinajstić information content (AvgIpc) is 3.05. The fourth-order valence-corrected chi connectivity index (χ4v) is 4.22. The van der Waals surface area contributed by atoms with E-state index in [0.717, 1.165) is 11.8 Å². The summed E-state index contributed by atoms with van der Waals surface area (Å²) in [6.45, 7) is 0. The van der Waals surface area contributed by atoms with Crippen molar-refractivity contribution in [2.24, 2.45) is 0 Å². The normalized spacial score (nSPS) is 12.2. The number of nitro groups is 1. The van der Waals surface area contributed by atoms with Crippen molar-refractivity contribution in [2.75, 3.05) is 5.73 Å². The molecular weight excluding hydrogens is 396 g/mol. The van der Waals surface area contributed by atoms with E-state index in [1.165, 1.54) is 35.0 Å². The van der Waals surface area contributed by atoms with Gasteiger partial charge in [-0.15, -0.1) is 0 Å². The summed E-state index contributed by atoms with van der Waals surface area (Å²) in [5.41, 5.74) is 6.64. The van der Waals surface area contributed by atoms with Crippen molar-refractivity contribution in [2.45, 2.75) is 16.1 Å². The summed E-state index contributed by atoms with van der Waals surface area (Å²) in [5, 5.41) is 12.0. The predicted octanol–water partition coefficient (Wildman–Crippen LogP) is 5.94. The highest BCUT2D eigenvalue weighted by atomic mass is 32.2. The second-order valence-corrected chi connectivity index (χ2v) is 7.45. The van der Waals surface area contributed by atoms with E-state index in [4.69, 9.17) is 5.73 Å². The van der Waals surface area contributed by atoms with E-state index in [-0.39, 0.29) is 11.3 Å². The van der Waals surface area contributed by atoms with Crippen LogP contribution in [0.25, 0.3) is 10.9 Å². The lowest BCUT2D eigenvalue weighted by molar-refractivity contribution is -0.387. The Morgan fingerprint density at radius 1 is 1.03 bits per heavy atom. The Balaban J connectivity index is 1.85. The molecule has 1 aromatic heterocycles. The Bertz CT molecular complexity index is 1230. The Kier molecular flexibility index (Phi) is 4.94. The Labute approximate surface area is 168 Å². The molecule has 0 saturated heterocycles. The molecule has 0 amide bonds. The van der Waals surface area contributed by atoms with Gasteiger partial charge in [-0.3, -0.25) is 10.1 Å². The third kappa shape index (κ3) is 3.54. The number of aromatic nitrogens is 1. The standard InChI is InChI=1S/C21H15F2N3O2S/c22-16-6-2-1-5-14(16)21(23)25-12-20(15-10-9-13(24)11-18(15)25)29-19-8-4-3-7-17(19)26(27)28/h1-12,21H,24H2. The maximum absolute atomic E-state index is 15.3. The van der Waals surface area contributed by atoms with Gasteiger partial charge in [-0.25, -0.2) is 8.78 Å². The van der Waals surface area contributed by atoms with Crippen LogP contribution < -0.4 is 5.73 Å². The van der Waals surface area contributed by atoms with Crippen molar-refractivity contribution < 1.29 is 13.7 Å². The molecule has 1 atom stereocenters. The molecule has 0 bridgehead atoms. The molecule has 146 valence electrons. The van der Waals surface area contributed by atoms with Crippen LogP contribution in [0.2, 0.25) is 0 Å². The van der Waals surface area contributed by atoms with E-state index in [1.54, 1.807) is 42.5 Å². The number of nitro benzene ring substituents is 1. The van der Waals surface area contributed by atoms with Crippen molar-refractivity contribution in [1.82, 2.24) is 4.57 Å². The number of nitrogens with two attached hydrogens (primary N) is 1. The summed E-state index contributed by atoms with van der Waals surface area (Å²) >= 11 is 1.15. The zero-order chi connectivity index (χ0) is 20.5. The molecule has 0 spiro atoms. The van der Waals surface area contributed by atoms with Gasteiger partial charge in [-0.2, -0.15) is 0 Å². The van der Waals surface area contributed by atoms with Gasteiger partial charge in [-0.1, -0.05) is 42.1 Å². The van der Waals surface area contributed by atoms with E-state index in [0.29, 0.717) is 26.4 Å². The van der Waals surface area contributed by atoms with E-state index in [2.05, 4.69) is 0 Å². The second kappa shape index (κ2) is 7.56. The molecule has 5 nitrogen and oxygen atoms in total. The first-order valence-corrected chi connectivity index (χ1v) is 9.47. The highest BCUT2D eigenvalue weighted by Crippen LogP contribution is 2.41. The van der Waals surface area contributed by atoms with Crippen molar-refractivity contribution in [3.05, 3.63) is 94.4 Å². The van der Waals surface area contributed by atoms with Gasteiger partial charge in [0.25, 0.3) is 5.69 Å². The zero-order valence-electron chi connectivity index (χ0n) is 15.0. The molecule has 4 aromatic rings. The molecule has 1 unspecified atom stereocenters. The van der Waals surface area contributed by atoms with Gasteiger partial charge in [-0.05, 0) is 30.3 Å². The van der Waals surface area contributed by atoms with Gasteiger partial charge in [0.2, 0.25) is 6.30 Å². The van der Waals surface area contributed by atoms with Crippen LogP contribution in [0.15, 0.2) is 82.7 Å². The molecule has 0 aliphatic carbocycles. The lowest BCUT2D eigenvalue weighted by atomic mass is 10.2. The molecule has 0 aliphatic heterocycles. The molecule has 3 aromatic carbocycles. The minimum atomic E-state index is -1.78. The fourth-order valence-electron chi connectivity index (χ4n) is 3.14. The number of nitrogens with zero attached hydrogens (tertiary/aromatic N) is 2. The number of alkyl halides is 1. The van der Waals surface area contributed by atoms with Gasteiger partial charge in [0.15, 0.2) is 0 Å². The van der Waals surface area contributed by atoms with Crippen molar-refractivity contribution in [3.63, 3.8) is 0 Å². The first-order valence-electron chi connectivity index (χ1n) is 8.65. The lowest BCUT2D eigenvalue weighted by Crippen LogP contribution is -2.06. The van der Waals surface area contributed by atoms with E-state index in [1.807, 2.05) is 0 Å². The highest BCUT2D eigenvalue weighted by molar-refractivity contribution is 7.99. The molecule has 4 rings (SSSR count). The van der Waals surface area contributed by atoms with E-state index < -0.39 is 17.0 Å². The van der Waals surface area contributed by atoms with Gasteiger partial charge in [0.05, 0.1) is 15.3 Å². The monoisotopic (exact) mass is 411 g/mol. The number of anilines is 1. The lowest BCUT2D eigenvalue weighted by Gasteiger charge is -2.13. The number of fused-ring (bicyclic) bond motifs is 1. The number of rotatable bonds is 5. The molecule has 29 heavy (non-hydrogen) atoms. The van der Waals surface area contributed by atoms with Gasteiger partial charge in [0.1, 0.15) is 5.82 Å². The Morgan fingerprint density at radius 2 is 1.76 bits per heavy atom. The number of halogens is 2. The molecule has 1 heterocycles. The highest BCUT2D eigenvalue weighted by Gasteiger charge is 2.22. The minimum absolute atomic E-state index is 0.0419. The smallest absolute Gasteiger partial charge is 0.283 e. The van der Waals surface area contributed by atoms with Gasteiger partial charge >= 0.3 is 0 Å². The number of benzene rings is 3. The van der Waals surface area contributed by atoms with Crippen LogP contribution in [-0.4, -0.2) is 9.49 Å². The maximum atomic E-state index is 15.3. The van der Waals surface area contributed by atoms with E-state index in [9.17, 15) is 14.5 Å². The molecule has 8 heteroatoms. The van der Waals surface area contributed by atoms with Crippen LogP contribution in [0.3, 0.4) is 0 Å². The molecule has 2 N–H and O–H groups in total. The van der Waals surface area contributed by atoms with Crippen LogP contribution in [0.1, 0.15) is 11.9 Å². The molecule has 0 radical (unpaired) electrons.